The molecule has 2 rings (SSSR count). The van der Waals surface area contributed by atoms with Crippen LogP contribution in [0.25, 0.3) is 9.75 Å². The third-order valence-electron chi connectivity index (χ3n) is 2.66. The number of rotatable bonds is 4. The lowest BCUT2D eigenvalue weighted by Gasteiger charge is -2.01. The molecule has 0 bridgehead atoms. The third kappa shape index (κ3) is 2.85. The molecule has 6 heteroatoms. The van der Waals surface area contributed by atoms with Crippen LogP contribution in [0.2, 0.25) is 0 Å². The minimum Gasteiger partial charge on any atom is -0.462 e. The van der Waals surface area contributed by atoms with Crippen molar-refractivity contribution in [2.45, 2.75) is 20.3 Å². The highest BCUT2D eigenvalue weighted by atomic mass is 79.9. The van der Waals surface area contributed by atoms with Crippen LogP contribution < -0.4 is 5.73 Å². The number of halogens is 1. The van der Waals surface area contributed by atoms with Gasteiger partial charge in [0, 0.05) is 4.88 Å². The molecule has 0 fully saturated rings. The molecule has 0 spiro atoms. The zero-order valence-corrected chi connectivity index (χ0v) is 13.9. The molecule has 0 saturated carbocycles. The van der Waals surface area contributed by atoms with Gasteiger partial charge in [-0.3, -0.25) is 0 Å². The first kappa shape index (κ1) is 14.6. The summed E-state index contributed by atoms with van der Waals surface area (Å²) in [5.41, 5.74) is 7.68. The predicted molar refractivity (Wildman–Crippen MR) is 85.1 cm³/mol. The minimum atomic E-state index is -0.332. The Morgan fingerprint density at radius 3 is 2.63 bits per heavy atom. The van der Waals surface area contributed by atoms with Gasteiger partial charge in [0.1, 0.15) is 4.88 Å². The molecule has 0 aliphatic heterocycles. The smallest absolute Gasteiger partial charge is 0.350 e. The van der Waals surface area contributed by atoms with Crippen molar-refractivity contribution < 1.29 is 9.53 Å². The molecule has 2 heterocycles. The van der Waals surface area contributed by atoms with E-state index >= 15 is 0 Å². The van der Waals surface area contributed by atoms with Crippen molar-refractivity contribution in [2.24, 2.45) is 0 Å². The van der Waals surface area contributed by atoms with Gasteiger partial charge in [0.25, 0.3) is 0 Å². The molecule has 0 saturated heterocycles. The summed E-state index contributed by atoms with van der Waals surface area (Å²) in [7, 11) is 0. The number of esters is 1. The van der Waals surface area contributed by atoms with Gasteiger partial charge in [0.2, 0.25) is 0 Å². The maximum Gasteiger partial charge on any atom is 0.350 e. The lowest BCUT2D eigenvalue weighted by Crippen LogP contribution is -2.05. The van der Waals surface area contributed by atoms with Crippen LogP contribution >= 0.6 is 38.6 Å². The van der Waals surface area contributed by atoms with Crippen LogP contribution in [0.15, 0.2) is 15.9 Å². The number of hydrogen-bond acceptors (Lipinski definition) is 5. The summed E-state index contributed by atoms with van der Waals surface area (Å²) in [6, 6.07) is 4.04. The lowest BCUT2D eigenvalue weighted by atomic mass is 10.1. The summed E-state index contributed by atoms with van der Waals surface area (Å²) in [5, 5.41) is 0. The fraction of sp³-hybridized carbons (Fsp3) is 0.308. The van der Waals surface area contributed by atoms with E-state index in [9.17, 15) is 4.79 Å². The van der Waals surface area contributed by atoms with Gasteiger partial charge in [0.15, 0.2) is 0 Å². The van der Waals surface area contributed by atoms with Crippen LogP contribution in [0.1, 0.15) is 29.1 Å². The maximum atomic E-state index is 11.9. The molecule has 19 heavy (non-hydrogen) atoms. The van der Waals surface area contributed by atoms with Crippen LogP contribution in [0.3, 0.4) is 0 Å². The maximum absolute atomic E-state index is 11.9. The highest BCUT2D eigenvalue weighted by Gasteiger charge is 2.22. The standard InChI is InChI=1S/C13H14BrNO2S2/c1-3-7-10(15)12(13(16)17-4-2)19-11(7)8-5-6-9(14)18-8/h5-6H,3-4,15H2,1-2H3. The number of carbonyl (C=O) groups is 1. The molecule has 0 atom stereocenters. The van der Waals surface area contributed by atoms with Crippen molar-refractivity contribution in [3.63, 3.8) is 0 Å². The Balaban J connectivity index is 2.50. The number of ether oxygens (including phenoxy) is 1. The van der Waals surface area contributed by atoms with Gasteiger partial charge in [-0.15, -0.1) is 22.7 Å². The molecule has 2 aromatic rings. The monoisotopic (exact) mass is 359 g/mol. The largest absolute Gasteiger partial charge is 0.462 e. The van der Waals surface area contributed by atoms with Gasteiger partial charge in [-0.1, -0.05) is 6.92 Å². The summed E-state index contributed by atoms with van der Waals surface area (Å²) in [4.78, 5) is 14.6. The molecule has 0 radical (unpaired) electrons. The van der Waals surface area contributed by atoms with Crippen LogP contribution in [-0.4, -0.2) is 12.6 Å². The van der Waals surface area contributed by atoms with E-state index in [0.29, 0.717) is 17.2 Å². The van der Waals surface area contributed by atoms with Crippen LogP contribution in [0.5, 0.6) is 0 Å². The Hall–Kier alpha value is -0.850. The van der Waals surface area contributed by atoms with Crippen LogP contribution in [-0.2, 0) is 11.2 Å². The molecule has 102 valence electrons. The molecule has 0 unspecified atom stereocenters. The molecular weight excluding hydrogens is 346 g/mol. The molecule has 0 aromatic carbocycles. The van der Waals surface area contributed by atoms with E-state index in [1.165, 1.54) is 11.3 Å². The molecular formula is C13H14BrNO2S2. The van der Waals surface area contributed by atoms with Crippen molar-refractivity contribution in [3.8, 4) is 9.75 Å². The zero-order valence-electron chi connectivity index (χ0n) is 10.7. The Kier molecular flexibility index (Phi) is 4.65. The fourth-order valence-electron chi connectivity index (χ4n) is 1.81. The average molecular weight is 360 g/mol. The number of thiophene rings is 2. The number of hydrogen-bond donors (Lipinski definition) is 1. The number of nitrogen functional groups attached to an aromatic ring is 1. The van der Waals surface area contributed by atoms with E-state index < -0.39 is 0 Å². The molecule has 0 aliphatic carbocycles. The van der Waals surface area contributed by atoms with E-state index in [-0.39, 0.29) is 5.97 Å². The second-order valence-electron chi connectivity index (χ2n) is 3.83. The second-order valence-corrected chi connectivity index (χ2v) is 7.31. The van der Waals surface area contributed by atoms with Crippen LogP contribution in [0, 0.1) is 0 Å². The van der Waals surface area contributed by atoms with Gasteiger partial charge in [-0.05, 0) is 47.0 Å². The minimum absolute atomic E-state index is 0.332. The van der Waals surface area contributed by atoms with E-state index in [0.717, 1.165) is 25.5 Å². The first-order valence-electron chi connectivity index (χ1n) is 5.92. The van der Waals surface area contributed by atoms with Crippen molar-refractivity contribution in [2.75, 3.05) is 12.3 Å². The van der Waals surface area contributed by atoms with E-state index in [2.05, 4.69) is 15.9 Å². The van der Waals surface area contributed by atoms with Crippen molar-refractivity contribution in [1.29, 1.82) is 0 Å². The molecule has 3 nitrogen and oxygen atoms in total. The summed E-state index contributed by atoms with van der Waals surface area (Å²) in [6.07, 6.45) is 0.798. The highest BCUT2D eigenvalue weighted by molar-refractivity contribution is 9.11. The van der Waals surface area contributed by atoms with Crippen molar-refractivity contribution >= 4 is 50.3 Å². The Morgan fingerprint density at radius 1 is 1.37 bits per heavy atom. The summed E-state index contributed by atoms with van der Waals surface area (Å²) >= 11 is 6.51. The summed E-state index contributed by atoms with van der Waals surface area (Å²) in [6.45, 7) is 4.19. The Bertz CT molecular complexity index is 604. The fourth-order valence-corrected chi connectivity index (χ4v) is 4.54. The SMILES string of the molecule is CCOC(=O)c1sc(-c2ccc(Br)s2)c(CC)c1N. The van der Waals surface area contributed by atoms with Crippen molar-refractivity contribution in [1.82, 2.24) is 0 Å². The topological polar surface area (TPSA) is 52.3 Å². The molecule has 2 aromatic heterocycles. The van der Waals surface area contributed by atoms with Gasteiger partial charge >= 0.3 is 5.97 Å². The second kappa shape index (κ2) is 6.07. The normalized spacial score (nSPS) is 10.7. The van der Waals surface area contributed by atoms with Gasteiger partial charge in [-0.25, -0.2) is 4.79 Å². The summed E-state index contributed by atoms with van der Waals surface area (Å²) in [5.74, 6) is -0.332. The average Bonchev–Trinajstić information content (AvgIpc) is 2.93. The molecule has 0 amide bonds. The number of nitrogens with two attached hydrogens (primary N) is 1. The van der Waals surface area contributed by atoms with Gasteiger partial charge in [-0.2, -0.15) is 0 Å². The predicted octanol–water partition coefficient (Wildman–Crippen LogP) is 4.56. The van der Waals surface area contributed by atoms with Crippen LogP contribution in [0.4, 0.5) is 5.69 Å². The Labute approximate surface area is 128 Å². The first-order valence-corrected chi connectivity index (χ1v) is 8.35. The van der Waals surface area contributed by atoms with E-state index in [4.69, 9.17) is 10.5 Å². The van der Waals surface area contributed by atoms with E-state index in [1.807, 2.05) is 19.1 Å². The quantitative estimate of drug-likeness (QED) is 0.814. The van der Waals surface area contributed by atoms with Gasteiger partial charge < -0.3 is 10.5 Å². The Morgan fingerprint density at radius 2 is 2.11 bits per heavy atom. The van der Waals surface area contributed by atoms with Crippen molar-refractivity contribution in [3.05, 3.63) is 26.4 Å². The molecule has 0 aliphatic rings. The third-order valence-corrected chi connectivity index (χ3v) is 5.69. The summed E-state index contributed by atoms with van der Waals surface area (Å²) < 4.78 is 6.11. The first-order chi connectivity index (χ1) is 9.08. The highest BCUT2D eigenvalue weighted by Crippen LogP contribution is 2.42. The molecule has 2 N–H and O–H groups in total. The van der Waals surface area contributed by atoms with Gasteiger partial charge in [0.05, 0.1) is 21.0 Å². The zero-order chi connectivity index (χ0) is 14.0. The lowest BCUT2D eigenvalue weighted by molar-refractivity contribution is 0.0533. The number of anilines is 1. The number of carbonyl (C=O) groups excluding carboxylic acids is 1. The van der Waals surface area contributed by atoms with E-state index in [1.54, 1.807) is 18.3 Å².